The second-order valence-electron chi connectivity index (χ2n) is 5.88. The molecule has 0 heterocycles. The minimum Gasteiger partial charge on any atom is -0.307 e. The predicted molar refractivity (Wildman–Crippen MR) is 120 cm³/mol. The van der Waals surface area contributed by atoms with Crippen molar-refractivity contribution in [3.63, 3.8) is 0 Å². The van der Waals surface area contributed by atoms with Gasteiger partial charge in [0.15, 0.2) is 0 Å². The third-order valence-electron chi connectivity index (χ3n) is 4.33. The largest absolute Gasteiger partial charge is 0.307 e. The van der Waals surface area contributed by atoms with E-state index >= 15 is 0 Å². The Kier molecular flexibility index (Phi) is 12.9. The smallest absolute Gasteiger partial charge is 0.0604 e. The van der Waals surface area contributed by atoms with Gasteiger partial charge in [0.25, 0.3) is 0 Å². The van der Waals surface area contributed by atoms with Crippen LogP contribution in [-0.2, 0) is 0 Å². The number of hydrogen-bond donors (Lipinski definition) is 1. The fourth-order valence-electron chi connectivity index (χ4n) is 2.76. The number of nitrogens with zero attached hydrogens (tertiary/aromatic N) is 1. The molecule has 0 aliphatic heterocycles. The van der Waals surface area contributed by atoms with Crippen LogP contribution in [0.25, 0.3) is 10.8 Å². The number of halogens is 2. The number of allylic oxidation sites excluding steroid dienone is 1. The van der Waals surface area contributed by atoms with Crippen LogP contribution in [0.3, 0.4) is 0 Å². The fraction of sp³-hybridized carbons (Fsp3) is 0.364. The minimum atomic E-state index is 0. The lowest BCUT2D eigenvalue weighted by Crippen LogP contribution is -2.22. The highest BCUT2D eigenvalue weighted by atomic mass is 35.5. The van der Waals surface area contributed by atoms with Crippen LogP contribution in [0, 0.1) is 11.8 Å². The molecule has 0 aliphatic carbocycles. The Hall–Kier alpha value is -1.50. The molecule has 0 amide bonds. The van der Waals surface area contributed by atoms with Crippen molar-refractivity contribution in [2.45, 2.75) is 26.8 Å². The van der Waals surface area contributed by atoms with Gasteiger partial charge >= 0.3 is 0 Å². The second kappa shape index (κ2) is 13.7. The van der Waals surface area contributed by atoms with E-state index in [1.54, 1.807) is 0 Å². The van der Waals surface area contributed by atoms with Crippen LogP contribution in [0.2, 0.25) is 0 Å². The zero-order valence-corrected chi connectivity index (χ0v) is 17.5. The van der Waals surface area contributed by atoms with Crippen LogP contribution in [0.1, 0.15) is 32.4 Å². The van der Waals surface area contributed by atoms with E-state index in [1.165, 1.54) is 16.3 Å². The molecular weight excluding hydrogens is 363 g/mol. The first-order valence-corrected chi connectivity index (χ1v) is 8.83. The number of rotatable bonds is 7. The Labute approximate surface area is 170 Å². The number of hydrogen-bond acceptors (Lipinski definition) is 2. The van der Waals surface area contributed by atoms with Crippen molar-refractivity contribution in [3.05, 3.63) is 60.2 Å². The molecule has 0 radical (unpaired) electrons. The minimum absolute atomic E-state index is 0. The van der Waals surface area contributed by atoms with Gasteiger partial charge in [-0.25, -0.2) is 0 Å². The van der Waals surface area contributed by atoms with E-state index in [9.17, 15) is 0 Å². The monoisotopic (exact) mass is 392 g/mol. The molecule has 2 nitrogen and oxygen atoms in total. The summed E-state index contributed by atoms with van der Waals surface area (Å²) in [6.07, 6.45) is 4.04. The summed E-state index contributed by atoms with van der Waals surface area (Å²) in [5, 5.41) is 6.16. The highest BCUT2D eigenvalue weighted by molar-refractivity contribution is 5.86. The van der Waals surface area contributed by atoms with Gasteiger partial charge in [-0.3, -0.25) is 4.90 Å². The summed E-state index contributed by atoms with van der Waals surface area (Å²) in [7, 11) is 0. The van der Waals surface area contributed by atoms with E-state index < -0.39 is 0 Å². The average molecular weight is 393 g/mol. The van der Waals surface area contributed by atoms with E-state index in [1.807, 2.05) is 6.08 Å². The highest BCUT2D eigenvalue weighted by Crippen LogP contribution is 2.23. The van der Waals surface area contributed by atoms with Gasteiger partial charge in [-0.1, -0.05) is 74.2 Å². The molecular formula is C22H30Cl2N2. The molecule has 26 heavy (non-hydrogen) atoms. The Morgan fingerprint density at radius 3 is 2.46 bits per heavy atom. The summed E-state index contributed by atoms with van der Waals surface area (Å²) < 4.78 is 0. The topological polar surface area (TPSA) is 15.3 Å². The lowest BCUT2D eigenvalue weighted by Gasteiger charge is -2.15. The van der Waals surface area contributed by atoms with Crippen LogP contribution < -0.4 is 5.32 Å². The van der Waals surface area contributed by atoms with Crippen LogP contribution in [0.4, 0.5) is 0 Å². The Bertz CT molecular complexity index is 722. The van der Waals surface area contributed by atoms with Crippen LogP contribution in [0.15, 0.2) is 54.6 Å². The van der Waals surface area contributed by atoms with Crippen molar-refractivity contribution in [1.29, 1.82) is 0 Å². The first-order chi connectivity index (χ1) is 11.8. The van der Waals surface area contributed by atoms with Crippen LogP contribution in [-0.4, -0.2) is 31.1 Å². The van der Waals surface area contributed by atoms with Gasteiger partial charge in [0.1, 0.15) is 0 Å². The predicted octanol–water partition coefficient (Wildman–Crippen LogP) is 5.24. The number of nitrogens with one attached hydrogen (secondary N) is 1. The molecule has 1 atom stereocenters. The maximum absolute atomic E-state index is 3.55. The van der Waals surface area contributed by atoms with E-state index in [0.717, 1.165) is 26.2 Å². The van der Waals surface area contributed by atoms with Crippen molar-refractivity contribution in [2.75, 3.05) is 26.2 Å². The van der Waals surface area contributed by atoms with Gasteiger partial charge in [-0.05, 0) is 42.4 Å². The molecule has 2 aromatic carbocycles. The van der Waals surface area contributed by atoms with Crippen LogP contribution >= 0.6 is 24.8 Å². The van der Waals surface area contributed by atoms with Gasteiger partial charge in [0.05, 0.1) is 6.54 Å². The number of fused-ring (bicyclic) bond motifs is 1. The molecule has 0 saturated heterocycles. The van der Waals surface area contributed by atoms with E-state index in [0.29, 0.717) is 6.04 Å². The van der Waals surface area contributed by atoms with Gasteiger partial charge in [0, 0.05) is 12.6 Å². The molecule has 0 spiro atoms. The van der Waals surface area contributed by atoms with Crippen molar-refractivity contribution in [1.82, 2.24) is 10.2 Å². The highest BCUT2D eigenvalue weighted by Gasteiger charge is 2.07. The normalized spacial score (nSPS) is 11.5. The molecule has 0 saturated carbocycles. The lowest BCUT2D eigenvalue weighted by atomic mass is 10.00. The summed E-state index contributed by atoms with van der Waals surface area (Å²) in [5.41, 5.74) is 1.34. The Morgan fingerprint density at radius 2 is 1.73 bits per heavy atom. The quantitative estimate of drug-likeness (QED) is 0.648. The molecule has 1 N–H and O–H groups in total. The first-order valence-electron chi connectivity index (χ1n) is 8.83. The molecule has 0 aliphatic rings. The zero-order chi connectivity index (χ0) is 17.2. The van der Waals surface area contributed by atoms with Gasteiger partial charge in [-0.15, -0.1) is 24.8 Å². The molecule has 2 rings (SSSR count). The molecule has 2 aromatic rings. The van der Waals surface area contributed by atoms with Crippen molar-refractivity contribution in [2.24, 2.45) is 0 Å². The zero-order valence-electron chi connectivity index (χ0n) is 15.9. The molecule has 0 fully saturated rings. The third kappa shape index (κ3) is 7.40. The SMILES string of the molecule is CCN(CC)CC#C/C=C/CN[C@H](C)c1cccc2ccccc12.Cl.Cl. The second-order valence-corrected chi connectivity index (χ2v) is 5.88. The lowest BCUT2D eigenvalue weighted by molar-refractivity contribution is 0.342. The molecule has 0 bridgehead atoms. The molecule has 4 heteroatoms. The van der Waals surface area contributed by atoms with Crippen molar-refractivity contribution < 1.29 is 0 Å². The van der Waals surface area contributed by atoms with Gasteiger partial charge < -0.3 is 5.32 Å². The van der Waals surface area contributed by atoms with Crippen molar-refractivity contribution in [3.8, 4) is 11.8 Å². The summed E-state index contributed by atoms with van der Waals surface area (Å²) in [6, 6.07) is 15.3. The third-order valence-corrected chi connectivity index (χ3v) is 4.33. The summed E-state index contributed by atoms with van der Waals surface area (Å²) in [5.74, 6) is 6.31. The Balaban J connectivity index is 0.00000312. The van der Waals surface area contributed by atoms with Crippen molar-refractivity contribution >= 4 is 35.6 Å². The summed E-state index contributed by atoms with van der Waals surface area (Å²) in [4.78, 5) is 2.31. The maximum atomic E-state index is 3.55. The number of benzene rings is 2. The maximum Gasteiger partial charge on any atom is 0.0604 e. The molecule has 0 aromatic heterocycles. The van der Waals surface area contributed by atoms with E-state index in [2.05, 4.69) is 91.4 Å². The van der Waals surface area contributed by atoms with E-state index in [-0.39, 0.29) is 24.8 Å². The average Bonchev–Trinajstić information content (AvgIpc) is 2.63. The Morgan fingerprint density at radius 1 is 1.04 bits per heavy atom. The van der Waals surface area contributed by atoms with E-state index in [4.69, 9.17) is 0 Å². The summed E-state index contributed by atoms with van der Waals surface area (Å²) in [6.45, 7) is 10.3. The summed E-state index contributed by atoms with van der Waals surface area (Å²) >= 11 is 0. The first kappa shape index (κ1) is 24.5. The van der Waals surface area contributed by atoms with Gasteiger partial charge in [-0.2, -0.15) is 0 Å². The molecule has 0 unspecified atom stereocenters. The standard InChI is InChI=1S/C22H28N2.2ClH/c1-4-24(5-2)18-11-7-6-10-17-23-19(3)21-16-12-14-20-13-8-9-15-22(20)21;;/h6,8-10,12-16,19,23H,4-5,17-18H2,1-3H3;2*1H/b10-6+;;/t19-;;/m1../s1. The fourth-order valence-corrected chi connectivity index (χ4v) is 2.76. The molecule has 142 valence electrons. The van der Waals surface area contributed by atoms with Gasteiger partial charge in [0.2, 0.25) is 0 Å². The van der Waals surface area contributed by atoms with Crippen LogP contribution in [0.5, 0.6) is 0 Å².